The van der Waals surface area contributed by atoms with E-state index in [4.69, 9.17) is 0 Å². The number of phenols is 1. The van der Waals surface area contributed by atoms with Gasteiger partial charge in [-0.1, -0.05) is 60.7 Å². The Bertz CT molecular complexity index is 1250. The van der Waals surface area contributed by atoms with Crippen LogP contribution in [0, 0.1) is 21.4 Å². The molecule has 152 valence electrons. The first-order valence-corrected chi connectivity index (χ1v) is 9.33. The molecule has 1 heterocycles. The molecule has 0 aliphatic carbocycles. The van der Waals surface area contributed by atoms with Gasteiger partial charge in [0.1, 0.15) is 11.6 Å². The fourth-order valence-corrected chi connectivity index (χ4v) is 3.61. The third-order valence-corrected chi connectivity index (χ3v) is 4.98. The summed E-state index contributed by atoms with van der Waals surface area (Å²) in [7, 11) is 0. The van der Waals surface area contributed by atoms with Crippen molar-refractivity contribution in [1.29, 1.82) is 5.26 Å². The Labute approximate surface area is 177 Å². The Balaban J connectivity index is 2.01. The summed E-state index contributed by atoms with van der Waals surface area (Å²) in [5, 5.41) is 36.5. The molecule has 0 bridgehead atoms. The van der Waals surface area contributed by atoms with Gasteiger partial charge in [0.25, 0.3) is 0 Å². The highest BCUT2D eigenvalue weighted by atomic mass is 16.6. The van der Waals surface area contributed by atoms with Crippen LogP contribution in [0.25, 0.3) is 11.3 Å². The number of rotatable bonds is 4. The van der Waals surface area contributed by atoms with Crippen LogP contribution in [0.4, 0.5) is 10.5 Å². The smallest absolute Gasteiger partial charge is 0.320 e. The fraction of sp³-hybridized carbons (Fsp3) is 0.0435. The molecule has 31 heavy (non-hydrogen) atoms. The number of nitro groups is 1. The highest BCUT2D eigenvalue weighted by molar-refractivity contribution is 6.03. The minimum atomic E-state index is -0.794. The second-order valence-electron chi connectivity index (χ2n) is 6.86. The summed E-state index contributed by atoms with van der Waals surface area (Å²) in [6.45, 7) is 0. The quantitative estimate of drug-likeness (QED) is 0.439. The van der Waals surface area contributed by atoms with Crippen LogP contribution in [-0.2, 0) is 0 Å². The summed E-state index contributed by atoms with van der Waals surface area (Å²) < 4.78 is 0. The molecular weight excluding hydrogens is 396 g/mol. The molecule has 1 atom stereocenters. The molecule has 4 rings (SSSR count). The highest BCUT2D eigenvalue weighted by Gasteiger charge is 2.32. The van der Waals surface area contributed by atoms with Crippen LogP contribution in [0.15, 0.2) is 72.8 Å². The molecule has 2 amide bonds. The number of nitrogens with one attached hydrogen (secondary N) is 2. The molecule has 0 aromatic heterocycles. The van der Waals surface area contributed by atoms with Crippen molar-refractivity contribution in [3.8, 4) is 11.8 Å². The lowest BCUT2D eigenvalue weighted by molar-refractivity contribution is -0.386. The molecule has 8 heteroatoms. The summed E-state index contributed by atoms with van der Waals surface area (Å²) >= 11 is 0. The Morgan fingerprint density at radius 2 is 1.61 bits per heavy atom. The number of nitriles is 1. The van der Waals surface area contributed by atoms with E-state index in [1.54, 1.807) is 6.07 Å². The van der Waals surface area contributed by atoms with Gasteiger partial charge < -0.3 is 15.7 Å². The van der Waals surface area contributed by atoms with Gasteiger partial charge in [-0.15, -0.1) is 0 Å². The van der Waals surface area contributed by atoms with E-state index in [0.29, 0.717) is 16.8 Å². The van der Waals surface area contributed by atoms with E-state index in [9.17, 15) is 25.3 Å². The zero-order valence-corrected chi connectivity index (χ0v) is 16.1. The molecule has 0 radical (unpaired) electrons. The van der Waals surface area contributed by atoms with E-state index in [-0.39, 0.29) is 5.56 Å². The molecular formula is C23H16N4O4. The number of hydrogen-bond acceptors (Lipinski definition) is 5. The molecule has 8 nitrogen and oxygen atoms in total. The zero-order chi connectivity index (χ0) is 22.0. The van der Waals surface area contributed by atoms with Crippen LogP contribution < -0.4 is 10.6 Å². The van der Waals surface area contributed by atoms with Crippen molar-refractivity contribution in [3.05, 3.63) is 105 Å². The summed E-state index contributed by atoms with van der Waals surface area (Å²) in [6, 6.07) is 21.5. The lowest BCUT2D eigenvalue weighted by atomic mass is 9.87. The van der Waals surface area contributed by atoms with Crippen LogP contribution in [-0.4, -0.2) is 16.1 Å². The number of nitro benzene ring substituents is 1. The minimum Gasteiger partial charge on any atom is -0.501 e. The fourth-order valence-electron chi connectivity index (χ4n) is 3.61. The number of nitrogens with zero attached hydrogens (tertiary/aromatic N) is 2. The predicted octanol–water partition coefficient (Wildman–Crippen LogP) is 4.09. The van der Waals surface area contributed by atoms with Gasteiger partial charge in [-0.3, -0.25) is 10.1 Å². The first kappa shape index (κ1) is 19.7. The maximum Gasteiger partial charge on any atom is 0.320 e. The van der Waals surface area contributed by atoms with Crippen molar-refractivity contribution >= 4 is 23.0 Å². The molecule has 3 aromatic rings. The lowest BCUT2D eigenvalue weighted by Gasteiger charge is -2.31. The van der Waals surface area contributed by atoms with Crippen LogP contribution in [0.3, 0.4) is 0 Å². The third-order valence-electron chi connectivity index (χ3n) is 4.98. The molecule has 0 spiro atoms. The first-order valence-electron chi connectivity index (χ1n) is 9.33. The normalized spacial score (nSPS) is 15.6. The average Bonchev–Trinajstić information content (AvgIpc) is 2.79. The van der Waals surface area contributed by atoms with Crippen LogP contribution in [0.5, 0.6) is 5.75 Å². The van der Waals surface area contributed by atoms with Crippen LogP contribution in [0.1, 0.15) is 28.3 Å². The van der Waals surface area contributed by atoms with Gasteiger partial charge in [-0.25, -0.2) is 4.79 Å². The molecule has 1 aliphatic heterocycles. The molecule has 3 aromatic carbocycles. The van der Waals surface area contributed by atoms with Crippen LogP contribution >= 0.6 is 0 Å². The summed E-state index contributed by atoms with van der Waals surface area (Å²) in [5.41, 5.74) is 2.23. The Hall–Kier alpha value is -4.64. The first-order chi connectivity index (χ1) is 15.0. The highest BCUT2D eigenvalue weighted by Crippen LogP contribution is 2.41. The van der Waals surface area contributed by atoms with Gasteiger partial charge >= 0.3 is 11.7 Å². The summed E-state index contributed by atoms with van der Waals surface area (Å²) in [6.07, 6.45) is 0. The van der Waals surface area contributed by atoms with Crippen LogP contribution in [0.2, 0.25) is 0 Å². The maximum atomic E-state index is 12.5. The van der Waals surface area contributed by atoms with E-state index in [0.717, 1.165) is 11.1 Å². The lowest BCUT2D eigenvalue weighted by Crippen LogP contribution is -2.43. The van der Waals surface area contributed by atoms with Crippen molar-refractivity contribution in [2.24, 2.45) is 0 Å². The van der Waals surface area contributed by atoms with Gasteiger partial charge in [-0.2, -0.15) is 5.26 Å². The van der Waals surface area contributed by atoms with Crippen molar-refractivity contribution < 1.29 is 14.8 Å². The number of aromatic hydroxyl groups is 1. The van der Waals surface area contributed by atoms with Gasteiger partial charge in [0.2, 0.25) is 5.75 Å². The molecule has 1 aliphatic rings. The molecule has 0 saturated heterocycles. The van der Waals surface area contributed by atoms with E-state index in [1.165, 1.54) is 12.1 Å². The van der Waals surface area contributed by atoms with E-state index in [1.807, 2.05) is 60.7 Å². The summed E-state index contributed by atoms with van der Waals surface area (Å²) in [4.78, 5) is 23.2. The number of amides is 2. The second kappa shape index (κ2) is 8.00. The molecule has 1 unspecified atom stereocenters. The maximum absolute atomic E-state index is 12.5. The van der Waals surface area contributed by atoms with Gasteiger partial charge in [-0.05, 0) is 22.8 Å². The predicted molar refractivity (Wildman–Crippen MR) is 114 cm³/mol. The van der Waals surface area contributed by atoms with Crippen molar-refractivity contribution in [2.75, 3.05) is 0 Å². The molecule has 0 fully saturated rings. The largest absolute Gasteiger partial charge is 0.501 e. The number of benzene rings is 3. The Morgan fingerprint density at radius 3 is 2.19 bits per heavy atom. The van der Waals surface area contributed by atoms with Gasteiger partial charge in [0.15, 0.2) is 0 Å². The monoisotopic (exact) mass is 412 g/mol. The Kier molecular flexibility index (Phi) is 5.08. The second-order valence-corrected chi connectivity index (χ2v) is 6.86. The van der Waals surface area contributed by atoms with E-state index < -0.39 is 28.4 Å². The average molecular weight is 412 g/mol. The summed E-state index contributed by atoms with van der Waals surface area (Å²) in [5.74, 6) is -0.704. The number of urea groups is 1. The number of phenolic OH excluding ortho intramolecular Hbond substituents is 1. The van der Waals surface area contributed by atoms with Crippen molar-refractivity contribution in [1.82, 2.24) is 10.6 Å². The molecule has 0 saturated carbocycles. The van der Waals surface area contributed by atoms with E-state index >= 15 is 0 Å². The van der Waals surface area contributed by atoms with Gasteiger partial charge in [0.05, 0.1) is 16.7 Å². The Morgan fingerprint density at radius 1 is 1.00 bits per heavy atom. The standard InChI is InChI=1S/C23H16N4O4/c24-13-17-11-16(12-18(22(17)28)27(30)31)21-19(14-7-3-1-4-8-14)20(25-23(29)26-21)15-9-5-2-6-10-15/h1-12,21,28H,(H2,25,26,29). The molecule has 3 N–H and O–H groups in total. The number of carbonyl (C=O) groups is 1. The number of hydrogen-bond donors (Lipinski definition) is 3. The topological polar surface area (TPSA) is 128 Å². The SMILES string of the molecule is N#Cc1cc(C2NC(=O)NC(c3ccccc3)=C2c2ccccc2)cc([N+](=O)[O-])c1O. The zero-order valence-electron chi connectivity index (χ0n) is 16.1. The third kappa shape index (κ3) is 3.68. The van der Waals surface area contributed by atoms with Crippen molar-refractivity contribution in [2.45, 2.75) is 6.04 Å². The van der Waals surface area contributed by atoms with E-state index in [2.05, 4.69) is 10.6 Å². The van der Waals surface area contributed by atoms with Gasteiger partial charge in [0, 0.05) is 11.6 Å². The number of carbonyl (C=O) groups excluding carboxylic acids is 1. The van der Waals surface area contributed by atoms with Crippen molar-refractivity contribution in [3.63, 3.8) is 0 Å². The minimum absolute atomic E-state index is 0.245.